The summed E-state index contributed by atoms with van der Waals surface area (Å²) >= 11 is 0. The first-order chi connectivity index (χ1) is 12.3. The number of halogens is 1. The van der Waals surface area contributed by atoms with Crippen molar-refractivity contribution in [3.05, 3.63) is 71.6 Å². The molecule has 138 valence electrons. The van der Waals surface area contributed by atoms with Gasteiger partial charge in [0.25, 0.3) is 0 Å². The van der Waals surface area contributed by atoms with Crippen molar-refractivity contribution in [1.82, 2.24) is 15.2 Å². The van der Waals surface area contributed by atoms with E-state index >= 15 is 0 Å². The second-order valence-corrected chi connectivity index (χ2v) is 6.23. The van der Waals surface area contributed by atoms with Gasteiger partial charge in [-0.05, 0) is 43.0 Å². The van der Waals surface area contributed by atoms with E-state index in [1.807, 2.05) is 12.3 Å². The van der Waals surface area contributed by atoms with Crippen LogP contribution < -0.4 is 5.32 Å². The molecule has 0 fully saturated rings. The molecule has 1 aromatic heterocycles. The van der Waals surface area contributed by atoms with E-state index in [1.54, 1.807) is 0 Å². The van der Waals surface area contributed by atoms with E-state index in [1.165, 1.54) is 16.7 Å². The summed E-state index contributed by atoms with van der Waals surface area (Å²) in [6.45, 7) is 7.54. The van der Waals surface area contributed by atoms with Gasteiger partial charge >= 0.3 is 0 Å². The van der Waals surface area contributed by atoms with Crippen LogP contribution in [-0.4, -0.2) is 35.5 Å². The molecular formula is C21H27IN4. The standard InChI is InChI=1S/C21H26N4.HI/c1-3-22-21(24-16-20-17(2)8-7-13-23-20)25-14-11-19(12-15-25)18-9-5-4-6-10-18;/h4-11,13H,3,12,14-16H2,1-2H3,(H,22,24);1H. The normalized spacial score (nSPS) is 14.5. The fraction of sp³-hybridized carbons (Fsp3) is 0.333. The van der Waals surface area contributed by atoms with Crippen LogP contribution in [0.2, 0.25) is 0 Å². The lowest BCUT2D eigenvalue weighted by atomic mass is 10.00. The number of guanidine groups is 1. The number of nitrogens with one attached hydrogen (secondary N) is 1. The van der Waals surface area contributed by atoms with E-state index in [4.69, 9.17) is 4.99 Å². The third-order valence-corrected chi connectivity index (χ3v) is 4.48. The van der Waals surface area contributed by atoms with Crippen molar-refractivity contribution >= 4 is 35.5 Å². The first-order valence-electron chi connectivity index (χ1n) is 8.96. The average Bonchev–Trinajstić information content (AvgIpc) is 2.67. The summed E-state index contributed by atoms with van der Waals surface area (Å²) in [6.07, 6.45) is 5.19. The van der Waals surface area contributed by atoms with Crippen LogP contribution in [0.3, 0.4) is 0 Å². The van der Waals surface area contributed by atoms with E-state index in [2.05, 4.69) is 71.5 Å². The van der Waals surface area contributed by atoms with E-state index in [9.17, 15) is 0 Å². The minimum atomic E-state index is 0. The van der Waals surface area contributed by atoms with Gasteiger partial charge in [0.2, 0.25) is 0 Å². The van der Waals surface area contributed by atoms with Crippen molar-refractivity contribution in [1.29, 1.82) is 0 Å². The molecule has 0 atom stereocenters. The van der Waals surface area contributed by atoms with Crippen LogP contribution >= 0.6 is 24.0 Å². The molecule has 0 amide bonds. The van der Waals surface area contributed by atoms with Gasteiger partial charge in [-0.3, -0.25) is 4.98 Å². The largest absolute Gasteiger partial charge is 0.356 e. The van der Waals surface area contributed by atoms with Gasteiger partial charge in [-0.1, -0.05) is 42.5 Å². The molecule has 0 unspecified atom stereocenters. The highest BCUT2D eigenvalue weighted by Gasteiger charge is 2.16. The molecule has 0 saturated carbocycles. The van der Waals surface area contributed by atoms with Crippen LogP contribution in [0.15, 0.2) is 59.7 Å². The van der Waals surface area contributed by atoms with E-state index < -0.39 is 0 Å². The second kappa shape index (κ2) is 10.3. The van der Waals surface area contributed by atoms with E-state index in [-0.39, 0.29) is 24.0 Å². The van der Waals surface area contributed by atoms with Gasteiger partial charge in [-0.15, -0.1) is 24.0 Å². The van der Waals surface area contributed by atoms with Gasteiger partial charge in [0, 0.05) is 25.8 Å². The molecule has 1 aliphatic rings. The minimum absolute atomic E-state index is 0. The Morgan fingerprint density at radius 1 is 1.19 bits per heavy atom. The lowest BCUT2D eigenvalue weighted by Crippen LogP contribution is -2.43. The molecule has 1 aromatic carbocycles. The van der Waals surface area contributed by atoms with Crippen molar-refractivity contribution in [2.24, 2.45) is 4.99 Å². The molecule has 1 aliphatic heterocycles. The molecule has 0 bridgehead atoms. The highest BCUT2D eigenvalue weighted by Crippen LogP contribution is 2.22. The first-order valence-corrected chi connectivity index (χ1v) is 8.96. The van der Waals surface area contributed by atoms with Crippen molar-refractivity contribution in [3.63, 3.8) is 0 Å². The van der Waals surface area contributed by atoms with E-state index in [0.717, 1.165) is 37.7 Å². The number of aromatic nitrogens is 1. The Morgan fingerprint density at radius 2 is 2.00 bits per heavy atom. The maximum Gasteiger partial charge on any atom is 0.194 e. The number of benzene rings is 1. The SMILES string of the molecule is CCNC(=NCc1ncccc1C)N1CC=C(c2ccccc2)CC1.I. The Bertz CT molecular complexity index is 756. The van der Waals surface area contributed by atoms with Crippen LogP contribution in [-0.2, 0) is 6.54 Å². The van der Waals surface area contributed by atoms with Crippen molar-refractivity contribution in [2.45, 2.75) is 26.8 Å². The number of pyridine rings is 1. The quantitative estimate of drug-likeness (QED) is 0.420. The number of aryl methyl sites for hydroxylation is 1. The zero-order chi connectivity index (χ0) is 17.5. The Labute approximate surface area is 173 Å². The second-order valence-electron chi connectivity index (χ2n) is 6.23. The fourth-order valence-corrected chi connectivity index (χ4v) is 3.04. The highest BCUT2D eigenvalue weighted by atomic mass is 127. The Hall–Kier alpha value is -1.89. The van der Waals surface area contributed by atoms with Gasteiger partial charge < -0.3 is 10.2 Å². The maximum absolute atomic E-state index is 4.81. The molecule has 5 heteroatoms. The molecule has 0 saturated heterocycles. The monoisotopic (exact) mass is 462 g/mol. The maximum atomic E-state index is 4.81. The molecule has 0 aliphatic carbocycles. The summed E-state index contributed by atoms with van der Waals surface area (Å²) in [7, 11) is 0. The summed E-state index contributed by atoms with van der Waals surface area (Å²) in [6, 6.07) is 14.7. The number of hydrogen-bond acceptors (Lipinski definition) is 2. The third kappa shape index (κ3) is 5.30. The zero-order valence-electron chi connectivity index (χ0n) is 15.5. The number of aliphatic imine (C=N–C) groups is 1. The predicted molar refractivity (Wildman–Crippen MR) is 120 cm³/mol. The minimum Gasteiger partial charge on any atom is -0.356 e. The summed E-state index contributed by atoms with van der Waals surface area (Å²) in [5.74, 6) is 0.968. The molecule has 0 radical (unpaired) electrons. The molecule has 3 rings (SSSR count). The molecule has 1 N–H and O–H groups in total. The topological polar surface area (TPSA) is 40.5 Å². The van der Waals surface area contributed by atoms with Crippen molar-refractivity contribution in [2.75, 3.05) is 19.6 Å². The summed E-state index contributed by atoms with van der Waals surface area (Å²) < 4.78 is 0. The molecule has 4 nitrogen and oxygen atoms in total. The predicted octanol–water partition coefficient (Wildman–Crippen LogP) is 4.26. The molecule has 26 heavy (non-hydrogen) atoms. The van der Waals surface area contributed by atoms with Crippen LogP contribution in [0.5, 0.6) is 0 Å². The average molecular weight is 462 g/mol. The summed E-state index contributed by atoms with van der Waals surface area (Å²) in [5.41, 5.74) is 4.98. The van der Waals surface area contributed by atoms with E-state index in [0.29, 0.717) is 6.54 Å². The molecule has 2 heterocycles. The van der Waals surface area contributed by atoms with Gasteiger partial charge in [0.1, 0.15) is 0 Å². The van der Waals surface area contributed by atoms with Crippen LogP contribution in [0.1, 0.15) is 30.2 Å². The Morgan fingerprint density at radius 3 is 2.65 bits per heavy atom. The number of hydrogen-bond donors (Lipinski definition) is 1. The van der Waals surface area contributed by atoms with Crippen LogP contribution in [0, 0.1) is 6.92 Å². The van der Waals surface area contributed by atoms with Crippen LogP contribution in [0.25, 0.3) is 5.57 Å². The van der Waals surface area contributed by atoms with Crippen molar-refractivity contribution in [3.8, 4) is 0 Å². The molecular weight excluding hydrogens is 435 g/mol. The molecule has 0 spiro atoms. The number of nitrogens with zero attached hydrogens (tertiary/aromatic N) is 3. The fourth-order valence-electron chi connectivity index (χ4n) is 3.04. The van der Waals surface area contributed by atoms with Gasteiger partial charge in [-0.25, -0.2) is 4.99 Å². The van der Waals surface area contributed by atoms with Gasteiger partial charge in [-0.2, -0.15) is 0 Å². The molecule has 2 aromatic rings. The Balaban J connectivity index is 0.00000243. The summed E-state index contributed by atoms with van der Waals surface area (Å²) in [4.78, 5) is 11.6. The van der Waals surface area contributed by atoms with Crippen LogP contribution in [0.4, 0.5) is 0 Å². The third-order valence-electron chi connectivity index (χ3n) is 4.48. The zero-order valence-corrected chi connectivity index (χ0v) is 17.8. The highest BCUT2D eigenvalue weighted by molar-refractivity contribution is 14.0. The van der Waals surface area contributed by atoms with Gasteiger partial charge in [0.05, 0.1) is 12.2 Å². The smallest absolute Gasteiger partial charge is 0.194 e. The Kier molecular flexibility index (Phi) is 8.09. The van der Waals surface area contributed by atoms with Gasteiger partial charge in [0.15, 0.2) is 5.96 Å². The summed E-state index contributed by atoms with van der Waals surface area (Å²) in [5, 5.41) is 3.42. The first kappa shape index (κ1) is 20.4. The lowest BCUT2D eigenvalue weighted by molar-refractivity contribution is 0.439. The lowest BCUT2D eigenvalue weighted by Gasteiger charge is -2.30. The number of rotatable bonds is 4. The van der Waals surface area contributed by atoms with Crippen molar-refractivity contribution < 1.29 is 0 Å².